The summed E-state index contributed by atoms with van der Waals surface area (Å²) < 4.78 is 10.6. The second-order valence-corrected chi connectivity index (χ2v) is 4.11. The molecule has 0 saturated heterocycles. The number of nitrogens with zero attached hydrogens (tertiary/aromatic N) is 1. The Hall–Kier alpha value is -1.23. The summed E-state index contributed by atoms with van der Waals surface area (Å²) in [6.45, 7) is 0.218. The van der Waals surface area contributed by atoms with Crippen molar-refractivity contribution in [3.05, 3.63) is 22.7 Å². The number of carbonyl (C=O) groups excluding carboxylic acids is 1. The summed E-state index contributed by atoms with van der Waals surface area (Å²) in [7, 11) is 4.81. The molecule has 0 saturated carbocycles. The maximum absolute atomic E-state index is 11.1. The Morgan fingerprint density at radius 2 is 2.12 bits per heavy atom. The van der Waals surface area contributed by atoms with Gasteiger partial charge >= 0.3 is 5.97 Å². The largest absolute Gasteiger partial charge is 0.496 e. The van der Waals surface area contributed by atoms with Crippen LogP contribution in [0.2, 0.25) is 0 Å². The molecule has 0 aliphatic heterocycles. The molecule has 1 aromatic carbocycles. The first kappa shape index (κ1) is 12.8. The predicted molar refractivity (Wildman–Crippen MR) is 66.0 cm³/mol. The van der Waals surface area contributed by atoms with Crippen LogP contribution in [0.15, 0.2) is 22.7 Å². The van der Waals surface area contributed by atoms with Gasteiger partial charge in [0.25, 0.3) is 0 Å². The smallest absolute Gasteiger partial charge is 0.325 e. The summed E-state index contributed by atoms with van der Waals surface area (Å²) in [5, 5.41) is 0. The van der Waals surface area contributed by atoms with E-state index in [1.807, 2.05) is 25.2 Å². The zero-order valence-electron chi connectivity index (χ0n) is 9.49. The first-order valence-electron chi connectivity index (χ1n) is 4.70. The Balaban J connectivity index is 2.80. The number of likely N-dealkylation sites (N-methyl/N-ethyl adjacent to an activating group) is 1. The van der Waals surface area contributed by atoms with E-state index < -0.39 is 0 Å². The topological polar surface area (TPSA) is 38.8 Å². The molecular weight excluding hydrogens is 274 g/mol. The fraction of sp³-hybridized carbons (Fsp3) is 0.364. The summed E-state index contributed by atoms with van der Waals surface area (Å²) in [6, 6.07) is 5.61. The SMILES string of the molecule is COC(=O)CN(C)c1ccc(OC)c(Br)c1. The van der Waals surface area contributed by atoms with E-state index in [-0.39, 0.29) is 12.5 Å². The van der Waals surface area contributed by atoms with E-state index in [0.29, 0.717) is 0 Å². The number of esters is 1. The lowest BCUT2D eigenvalue weighted by Crippen LogP contribution is -2.26. The van der Waals surface area contributed by atoms with E-state index in [1.54, 1.807) is 12.0 Å². The number of benzene rings is 1. The summed E-state index contributed by atoms with van der Waals surface area (Å²) in [4.78, 5) is 12.9. The van der Waals surface area contributed by atoms with Crippen molar-refractivity contribution in [2.75, 3.05) is 32.7 Å². The Morgan fingerprint density at radius 3 is 2.62 bits per heavy atom. The van der Waals surface area contributed by atoms with Crippen molar-refractivity contribution < 1.29 is 14.3 Å². The van der Waals surface area contributed by atoms with E-state index >= 15 is 0 Å². The number of methoxy groups -OCH3 is 2. The molecule has 0 amide bonds. The quantitative estimate of drug-likeness (QED) is 0.795. The summed E-state index contributed by atoms with van der Waals surface area (Å²) >= 11 is 3.39. The molecule has 0 spiro atoms. The predicted octanol–water partition coefficient (Wildman–Crippen LogP) is 2.07. The summed E-state index contributed by atoms with van der Waals surface area (Å²) in [5.74, 6) is 0.490. The maximum Gasteiger partial charge on any atom is 0.325 e. The first-order chi connectivity index (χ1) is 7.58. The molecule has 0 radical (unpaired) electrons. The minimum absolute atomic E-state index is 0.218. The molecule has 1 rings (SSSR count). The van der Waals surface area contributed by atoms with Gasteiger partial charge in [0.05, 0.1) is 18.7 Å². The summed E-state index contributed by atoms with van der Waals surface area (Å²) in [6.07, 6.45) is 0. The molecule has 5 heteroatoms. The lowest BCUT2D eigenvalue weighted by molar-refractivity contribution is -0.138. The van der Waals surface area contributed by atoms with Crippen LogP contribution in [0.4, 0.5) is 5.69 Å². The normalized spacial score (nSPS) is 9.75. The molecule has 0 aliphatic carbocycles. The molecular formula is C11H14BrNO3. The van der Waals surface area contributed by atoms with E-state index in [2.05, 4.69) is 20.7 Å². The maximum atomic E-state index is 11.1. The van der Waals surface area contributed by atoms with Crippen LogP contribution in [0.5, 0.6) is 5.75 Å². The lowest BCUT2D eigenvalue weighted by Gasteiger charge is -2.18. The van der Waals surface area contributed by atoms with Gasteiger partial charge in [0.15, 0.2) is 0 Å². The fourth-order valence-corrected chi connectivity index (χ4v) is 1.77. The molecule has 1 aromatic rings. The Labute approximate surface area is 103 Å². The number of ether oxygens (including phenoxy) is 2. The Kier molecular flexibility index (Phi) is 4.61. The zero-order chi connectivity index (χ0) is 12.1. The van der Waals surface area contributed by atoms with Crippen molar-refractivity contribution in [2.24, 2.45) is 0 Å². The summed E-state index contributed by atoms with van der Waals surface area (Å²) in [5.41, 5.74) is 0.915. The number of carbonyl (C=O) groups is 1. The molecule has 0 aromatic heterocycles. The molecule has 0 fully saturated rings. The van der Waals surface area contributed by atoms with Crippen molar-refractivity contribution in [1.82, 2.24) is 0 Å². The number of hydrogen-bond acceptors (Lipinski definition) is 4. The van der Waals surface area contributed by atoms with Crippen LogP contribution in [0, 0.1) is 0 Å². The Morgan fingerprint density at radius 1 is 1.44 bits per heavy atom. The van der Waals surface area contributed by atoms with Crippen LogP contribution < -0.4 is 9.64 Å². The minimum atomic E-state index is -0.269. The second kappa shape index (κ2) is 5.75. The van der Waals surface area contributed by atoms with E-state index in [0.717, 1.165) is 15.9 Å². The van der Waals surface area contributed by atoms with Gasteiger partial charge in [0.1, 0.15) is 12.3 Å². The van der Waals surface area contributed by atoms with Crippen LogP contribution in [-0.4, -0.2) is 33.8 Å². The van der Waals surface area contributed by atoms with Crippen molar-refractivity contribution >= 4 is 27.6 Å². The highest BCUT2D eigenvalue weighted by Gasteiger charge is 2.09. The molecule has 16 heavy (non-hydrogen) atoms. The molecule has 88 valence electrons. The fourth-order valence-electron chi connectivity index (χ4n) is 1.24. The van der Waals surface area contributed by atoms with Crippen molar-refractivity contribution in [3.63, 3.8) is 0 Å². The van der Waals surface area contributed by atoms with Gasteiger partial charge in [-0.1, -0.05) is 0 Å². The Bertz CT molecular complexity index is 381. The van der Waals surface area contributed by atoms with Crippen LogP contribution in [-0.2, 0) is 9.53 Å². The van der Waals surface area contributed by atoms with Gasteiger partial charge in [-0.3, -0.25) is 4.79 Å². The van der Waals surface area contributed by atoms with Crippen LogP contribution in [0.25, 0.3) is 0 Å². The molecule has 0 N–H and O–H groups in total. The first-order valence-corrected chi connectivity index (χ1v) is 5.49. The molecule has 0 aliphatic rings. The van der Waals surface area contributed by atoms with Gasteiger partial charge in [-0.2, -0.15) is 0 Å². The lowest BCUT2D eigenvalue weighted by atomic mass is 10.3. The second-order valence-electron chi connectivity index (χ2n) is 3.25. The van der Waals surface area contributed by atoms with Gasteiger partial charge in [0.2, 0.25) is 0 Å². The third-order valence-electron chi connectivity index (χ3n) is 2.17. The monoisotopic (exact) mass is 287 g/mol. The van der Waals surface area contributed by atoms with Crippen molar-refractivity contribution in [1.29, 1.82) is 0 Å². The number of anilines is 1. The molecule has 0 atom stereocenters. The standard InChI is InChI=1S/C11H14BrNO3/c1-13(7-11(14)16-3)8-4-5-10(15-2)9(12)6-8/h4-6H,7H2,1-3H3. The van der Waals surface area contributed by atoms with E-state index in [1.165, 1.54) is 7.11 Å². The van der Waals surface area contributed by atoms with Gasteiger partial charge < -0.3 is 14.4 Å². The van der Waals surface area contributed by atoms with E-state index in [4.69, 9.17) is 4.74 Å². The third kappa shape index (κ3) is 3.13. The number of hydrogen-bond donors (Lipinski definition) is 0. The van der Waals surface area contributed by atoms with Gasteiger partial charge in [0, 0.05) is 12.7 Å². The van der Waals surface area contributed by atoms with E-state index in [9.17, 15) is 4.79 Å². The van der Waals surface area contributed by atoms with Gasteiger partial charge in [-0.15, -0.1) is 0 Å². The van der Waals surface area contributed by atoms with Crippen molar-refractivity contribution in [3.8, 4) is 5.75 Å². The third-order valence-corrected chi connectivity index (χ3v) is 2.79. The molecule has 0 bridgehead atoms. The molecule has 0 heterocycles. The van der Waals surface area contributed by atoms with Crippen LogP contribution in [0.1, 0.15) is 0 Å². The van der Waals surface area contributed by atoms with Crippen molar-refractivity contribution in [2.45, 2.75) is 0 Å². The highest BCUT2D eigenvalue weighted by atomic mass is 79.9. The number of rotatable bonds is 4. The zero-order valence-corrected chi connectivity index (χ0v) is 11.1. The minimum Gasteiger partial charge on any atom is -0.496 e. The highest BCUT2D eigenvalue weighted by Crippen LogP contribution is 2.28. The average molecular weight is 288 g/mol. The molecule has 0 unspecified atom stereocenters. The number of halogens is 1. The average Bonchev–Trinajstić information content (AvgIpc) is 2.28. The van der Waals surface area contributed by atoms with Gasteiger partial charge in [-0.05, 0) is 34.1 Å². The van der Waals surface area contributed by atoms with Crippen LogP contribution >= 0.6 is 15.9 Å². The van der Waals surface area contributed by atoms with Gasteiger partial charge in [-0.25, -0.2) is 0 Å². The highest BCUT2D eigenvalue weighted by molar-refractivity contribution is 9.10. The molecule has 4 nitrogen and oxygen atoms in total. The van der Waals surface area contributed by atoms with Crippen LogP contribution in [0.3, 0.4) is 0 Å².